The molecule has 0 saturated carbocycles. The minimum absolute atomic E-state index is 0.149. The Balaban J connectivity index is 0. The molecular formula is C27H55N3O5. The van der Waals surface area contributed by atoms with Crippen LogP contribution in [0.5, 0.6) is 0 Å². The number of rotatable bonds is 23. The summed E-state index contributed by atoms with van der Waals surface area (Å²) < 4.78 is 0. The summed E-state index contributed by atoms with van der Waals surface area (Å²) in [5, 5.41) is 19.5. The van der Waals surface area contributed by atoms with E-state index in [2.05, 4.69) is 12.2 Å². The Morgan fingerprint density at radius 1 is 0.686 bits per heavy atom. The van der Waals surface area contributed by atoms with Gasteiger partial charge in [0.05, 0.1) is 0 Å². The van der Waals surface area contributed by atoms with Gasteiger partial charge in [0.15, 0.2) is 0 Å². The molecule has 35 heavy (non-hydrogen) atoms. The predicted octanol–water partition coefficient (Wildman–Crippen LogP) is 5.36. The summed E-state index contributed by atoms with van der Waals surface area (Å²) in [4.78, 5) is 32.3. The van der Waals surface area contributed by atoms with Gasteiger partial charge in [-0.15, -0.1) is 0 Å². The lowest BCUT2D eigenvalue weighted by molar-refractivity contribution is -0.141. The molecular weight excluding hydrogens is 446 g/mol. The zero-order valence-electron chi connectivity index (χ0n) is 22.6. The molecule has 0 aromatic heterocycles. The maximum absolute atomic E-state index is 11.5. The number of aliphatic carboxylic acids is 2. The van der Waals surface area contributed by atoms with Gasteiger partial charge in [-0.1, -0.05) is 103 Å². The van der Waals surface area contributed by atoms with Crippen LogP contribution in [0.2, 0.25) is 0 Å². The third-order valence-electron chi connectivity index (χ3n) is 6.04. The highest BCUT2D eigenvalue weighted by Crippen LogP contribution is 2.13. The van der Waals surface area contributed by atoms with E-state index in [4.69, 9.17) is 21.7 Å². The topological polar surface area (TPSA) is 156 Å². The average molecular weight is 502 g/mol. The van der Waals surface area contributed by atoms with E-state index >= 15 is 0 Å². The quantitative estimate of drug-likeness (QED) is 0.118. The Morgan fingerprint density at radius 3 is 1.49 bits per heavy atom. The molecule has 0 fully saturated rings. The first-order valence-corrected chi connectivity index (χ1v) is 14.0. The Hall–Kier alpha value is -1.67. The highest BCUT2D eigenvalue weighted by Gasteiger charge is 2.13. The molecule has 8 heteroatoms. The Kier molecular flexibility index (Phi) is 27.3. The predicted molar refractivity (Wildman–Crippen MR) is 143 cm³/mol. The fourth-order valence-electron chi connectivity index (χ4n) is 3.66. The molecule has 8 nitrogen and oxygen atoms in total. The number of unbranched alkanes of at least 4 members (excludes halogenated alkanes) is 15. The van der Waals surface area contributed by atoms with E-state index in [-0.39, 0.29) is 5.91 Å². The van der Waals surface area contributed by atoms with Gasteiger partial charge in [0, 0.05) is 6.42 Å². The van der Waals surface area contributed by atoms with Crippen molar-refractivity contribution in [1.82, 2.24) is 5.32 Å². The van der Waals surface area contributed by atoms with Crippen molar-refractivity contribution >= 4 is 17.8 Å². The Labute approximate surface area is 214 Å². The molecule has 0 aromatic carbocycles. The molecule has 0 spiro atoms. The largest absolute Gasteiger partial charge is 0.480 e. The number of nitrogens with one attached hydrogen (secondary N) is 1. The average Bonchev–Trinajstić information content (AvgIpc) is 2.81. The van der Waals surface area contributed by atoms with Gasteiger partial charge in [-0.05, 0) is 32.7 Å². The number of hydrogen-bond acceptors (Lipinski definition) is 5. The van der Waals surface area contributed by atoms with Crippen LogP contribution in [0.1, 0.15) is 136 Å². The van der Waals surface area contributed by atoms with Crippen molar-refractivity contribution < 1.29 is 24.6 Å². The van der Waals surface area contributed by atoms with Crippen LogP contribution in [0.3, 0.4) is 0 Å². The molecule has 0 aliphatic heterocycles. The van der Waals surface area contributed by atoms with E-state index in [0.29, 0.717) is 19.4 Å². The molecule has 0 aromatic rings. The molecule has 0 rings (SSSR count). The molecule has 2 atom stereocenters. The van der Waals surface area contributed by atoms with E-state index < -0.39 is 24.0 Å². The van der Waals surface area contributed by atoms with Gasteiger partial charge in [0.1, 0.15) is 12.1 Å². The van der Waals surface area contributed by atoms with Crippen molar-refractivity contribution in [3.05, 3.63) is 0 Å². The SMILES string of the molecule is CCCCCCCCCCCCCCCCCC(=O)NC(C)C(=O)O.NCCCCC(N)C(=O)O. The molecule has 2 unspecified atom stereocenters. The van der Waals surface area contributed by atoms with Crippen molar-refractivity contribution in [1.29, 1.82) is 0 Å². The summed E-state index contributed by atoms with van der Waals surface area (Å²) in [5.41, 5.74) is 10.4. The second kappa shape index (κ2) is 26.9. The second-order valence-electron chi connectivity index (χ2n) is 9.56. The number of amides is 1. The van der Waals surface area contributed by atoms with Crippen LogP contribution in [0.15, 0.2) is 0 Å². The van der Waals surface area contributed by atoms with Crippen molar-refractivity contribution in [2.45, 2.75) is 148 Å². The van der Waals surface area contributed by atoms with Crippen LogP contribution >= 0.6 is 0 Å². The van der Waals surface area contributed by atoms with Gasteiger partial charge in [0.25, 0.3) is 0 Å². The summed E-state index contributed by atoms with van der Waals surface area (Å²) in [6.45, 7) is 4.36. The lowest BCUT2D eigenvalue weighted by Crippen LogP contribution is -2.38. The number of nitrogens with two attached hydrogens (primary N) is 2. The van der Waals surface area contributed by atoms with Crippen LogP contribution < -0.4 is 16.8 Å². The fraction of sp³-hybridized carbons (Fsp3) is 0.889. The molecule has 0 heterocycles. The van der Waals surface area contributed by atoms with Crippen LogP contribution in [-0.2, 0) is 14.4 Å². The minimum Gasteiger partial charge on any atom is -0.480 e. The van der Waals surface area contributed by atoms with E-state index in [1.807, 2.05) is 0 Å². The zero-order valence-corrected chi connectivity index (χ0v) is 22.6. The molecule has 0 saturated heterocycles. The lowest BCUT2D eigenvalue weighted by atomic mass is 10.0. The second-order valence-corrected chi connectivity index (χ2v) is 9.56. The van der Waals surface area contributed by atoms with Gasteiger partial charge in [-0.25, -0.2) is 0 Å². The Bertz CT molecular complexity index is 517. The van der Waals surface area contributed by atoms with Crippen molar-refractivity contribution in [2.24, 2.45) is 11.5 Å². The van der Waals surface area contributed by atoms with E-state index in [9.17, 15) is 14.4 Å². The molecule has 208 valence electrons. The molecule has 7 N–H and O–H groups in total. The minimum atomic E-state index is -0.982. The molecule has 0 aliphatic carbocycles. The number of carbonyl (C=O) groups is 3. The number of carboxylic acid groups (broad SMARTS) is 2. The van der Waals surface area contributed by atoms with Crippen LogP contribution in [-0.4, -0.2) is 46.7 Å². The highest BCUT2D eigenvalue weighted by atomic mass is 16.4. The Morgan fingerprint density at radius 2 is 1.11 bits per heavy atom. The maximum atomic E-state index is 11.5. The lowest BCUT2D eigenvalue weighted by Gasteiger charge is -2.08. The smallest absolute Gasteiger partial charge is 0.325 e. The summed E-state index contributed by atoms with van der Waals surface area (Å²) >= 11 is 0. The maximum Gasteiger partial charge on any atom is 0.325 e. The molecule has 0 bridgehead atoms. The van der Waals surface area contributed by atoms with Gasteiger partial charge in [-0.3, -0.25) is 14.4 Å². The van der Waals surface area contributed by atoms with E-state index in [0.717, 1.165) is 25.7 Å². The summed E-state index contributed by atoms with van der Waals surface area (Å²) in [6.07, 6.45) is 22.1. The van der Waals surface area contributed by atoms with Crippen LogP contribution in [0.4, 0.5) is 0 Å². The standard InChI is InChI=1S/C21H41NO3.C6H14N2O2/c1-3-4-5-6-7-8-9-10-11-12-13-14-15-16-17-18-20(23)22-19(2)21(24)25;7-4-2-1-3-5(8)6(9)10/h19H,3-18H2,1-2H3,(H,22,23)(H,24,25);5H,1-4,7-8H2,(H,9,10). The first-order chi connectivity index (χ1) is 16.8. The van der Waals surface area contributed by atoms with Crippen molar-refractivity contribution in [3.8, 4) is 0 Å². The van der Waals surface area contributed by atoms with Gasteiger partial charge in [-0.2, -0.15) is 0 Å². The molecule has 0 radical (unpaired) electrons. The third kappa shape index (κ3) is 28.5. The number of carbonyl (C=O) groups excluding carboxylic acids is 1. The molecule has 0 aliphatic rings. The van der Waals surface area contributed by atoms with E-state index in [1.54, 1.807) is 0 Å². The van der Waals surface area contributed by atoms with Gasteiger partial charge < -0.3 is 27.0 Å². The first-order valence-electron chi connectivity index (χ1n) is 14.0. The normalized spacial score (nSPS) is 12.3. The van der Waals surface area contributed by atoms with Crippen molar-refractivity contribution in [3.63, 3.8) is 0 Å². The summed E-state index contributed by atoms with van der Waals surface area (Å²) in [5.74, 6) is -2.06. The number of hydrogen-bond donors (Lipinski definition) is 5. The summed E-state index contributed by atoms with van der Waals surface area (Å²) in [6, 6.07) is -1.50. The van der Waals surface area contributed by atoms with Gasteiger partial charge in [0.2, 0.25) is 5.91 Å². The van der Waals surface area contributed by atoms with E-state index in [1.165, 1.54) is 90.4 Å². The third-order valence-corrected chi connectivity index (χ3v) is 6.04. The van der Waals surface area contributed by atoms with Crippen LogP contribution in [0.25, 0.3) is 0 Å². The monoisotopic (exact) mass is 501 g/mol. The fourth-order valence-corrected chi connectivity index (χ4v) is 3.66. The zero-order chi connectivity index (χ0) is 26.7. The van der Waals surface area contributed by atoms with Crippen molar-refractivity contribution in [2.75, 3.05) is 6.54 Å². The molecule has 1 amide bonds. The first kappa shape index (κ1) is 35.5. The van der Waals surface area contributed by atoms with Gasteiger partial charge >= 0.3 is 11.9 Å². The van der Waals surface area contributed by atoms with Crippen LogP contribution in [0, 0.1) is 0 Å². The summed E-state index contributed by atoms with van der Waals surface area (Å²) in [7, 11) is 0. The number of carboxylic acids is 2. The highest BCUT2D eigenvalue weighted by molar-refractivity contribution is 5.83.